The lowest BCUT2D eigenvalue weighted by atomic mass is 10.1. The normalized spacial score (nSPS) is 11.4. The van der Waals surface area contributed by atoms with Gasteiger partial charge in [0.25, 0.3) is 5.91 Å². The Bertz CT molecular complexity index is 1240. The number of carbonyl (C=O) groups excluding carboxylic acids is 4. The molecule has 0 aliphatic heterocycles. The quantitative estimate of drug-likeness (QED) is 0.166. The number of amides is 1. The molecule has 12 heteroatoms. The SMILES string of the molecule is COC(=O)c1ccc(C(=O)OC)c(N=NC(C(=O)Nc2cc(C(C)=O)cc(C(=O)O)c2)=C(C)O)c1. The van der Waals surface area contributed by atoms with E-state index in [1.807, 2.05) is 0 Å². The van der Waals surface area contributed by atoms with Gasteiger partial charge in [-0.3, -0.25) is 9.59 Å². The molecular formula is C23H21N3O9. The van der Waals surface area contributed by atoms with Gasteiger partial charge in [0.2, 0.25) is 0 Å². The molecule has 0 unspecified atom stereocenters. The van der Waals surface area contributed by atoms with Crippen LogP contribution in [0.25, 0.3) is 0 Å². The number of hydrogen-bond acceptors (Lipinski definition) is 10. The molecule has 2 rings (SSSR count). The van der Waals surface area contributed by atoms with Crippen molar-refractivity contribution in [3.05, 3.63) is 70.1 Å². The number of Topliss-reactive ketones (excluding diaryl/α,β-unsaturated/α-hetero) is 1. The van der Waals surface area contributed by atoms with E-state index in [9.17, 15) is 34.2 Å². The number of methoxy groups -OCH3 is 2. The lowest BCUT2D eigenvalue weighted by Gasteiger charge is -2.09. The molecule has 2 aromatic carbocycles. The lowest BCUT2D eigenvalue weighted by molar-refractivity contribution is -0.113. The lowest BCUT2D eigenvalue weighted by Crippen LogP contribution is -2.15. The van der Waals surface area contributed by atoms with E-state index in [1.165, 1.54) is 31.2 Å². The second kappa shape index (κ2) is 11.3. The third-order valence-electron chi connectivity index (χ3n) is 4.48. The van der Waals surface area contributed by atoms with E-state index in [2.05, 4.69) is 25.0 Å². The van der Waals surface area contributed by atoms with Gasteiger partial charge in [-0.1, -0.05) is 0 Å². The summed E-state index contributed by atoms with van der Waals surface area (Å²) in [5, 5.41) is 29.1. The van der Waals surface area contributed by atoms with Gasteiger partial charge in [-0.15, -0.1) is 10.2 Å². The van der Waals surface area contributed by atoms with Crippen molar-refractivity contribution in [2.45, 2.75) is 13.8 Å². The van der Waals surface area contributed by atoms with Crippen molar-refractivity contribution >= 4 is 41.0 Å². The van der Waals surface area contributed by atoms with Gasteiger partial charge in [-0.05, 0) is 50.2 Å². The number of ether oxygens (including phenoxy) is 2. The van der Waals surface area contributed by atoms with Crippen molar-refractivity contribution in [2.75, 3.05) is 19.5 Å². The van der Waals surface area contributed by atoms with Crippen LogP contribution < -0.4 is 5.32 Å². The minimum absolute atomic E-state index is 0.0343. The predicted octanol–water partition coefficient (Wildman–Crippen LogP) is 3.67. The van der Waals surface area contributed by atoms with Crippen molar-refractivity contribution < 1.29 is 43.7 Å². The van der Waals surface area contributed by atoms with Crippen LogP contribution in [0, 0.1) is 0 Å². The minimum Gasteiger partial charge on any atom is -0.510 e. The zero-order valence-electron chi connectivity index (χ0n) is 19.1. The number of hydrogen-bond donors (Lipinski definition) is 3. The van der Waals surface area contributed by atoms with Gasteiger partial charge in [0.05, 0.1) is 30.9 Å². The van der Waals surface area contributed by atoms with E-state index in [-0.39, 0.29) is 33.6 Å². The number of carboxylic acids is 1. The summed E-state index contributed by atoms with van der Waals surface area (Å²) >= 11 is 0. The van der Waals surface area contributed by atoms with Gasteiger partial charge in [-0.2, -0.15) is 0 Å². The second-order valence-corrected chi connectivity index (χ2v) is 6.96. The molecule has 2 aromatic rings. The number of anilines is 1. The number of rotatable bonds is 8. The maximum Gasteiger partial charge on any atom is 0.340 e. The smallest absolute Gasteiger partial charge is 0.340 e. The minimum atomic E-state index is -1.32. The summed E-state index contributed by atoms with van der Waals surface area (Å²) in [6, 6.07) is 7.25. The summed E-state index contributed by atoms with van der Waals surface area (Å²) in [5.74, 6) is -4.82. The van der Waals surface area contributed by atoms with Crippen molar-refractivity contribution in [3.8, 4) is 0 Å². The number of carboxylic acid groups (broad SMARTS) is 1. The Balaban J connectivity index is 2.46. The Kier molecular flexibility index (Phi) is 8.53. The third-order valence-corrected chi connectivity index (χ3v) is 4.48. The molecule has 0 heterocycles. The van der Waals surface area contributed by atoms with Crippen LogP contribution in [0.1, 0.15) is 55.3 Å². The first-order chi connectivity index (χ1) is 16.5. The molecule has 0 saturated carbocycles. The third kappa shape index (κ3) is 6.57. The maximum atomic E-state index is 12.8. The summed E-state index contributed by atoms with van der Waals surface area (Å²) in [5.41, 5.74) is -1.05. The highest BCUT2D eigenvalue weighted by Gasteiger charge is 2.19. The Morgan fingerprint density at radius 3 is 2.00 bits per heavy atom. The Hall–Kier alpha value is -4.87. The van der Waals surface area contributed by atoms with E-state index in [1.54, 1.807) is 0 Å². The number of nitrogens with zero attached hydrogens (tertiary/aromatic N) is 2. The number of azo groups is 1. The summed E-state index contributed by atoms with van der Waals surface area (Å²) in [6.45, 7) is 2.38. The maximum absolute atomic E-state index is 12.8. The number of carbonyl (C=O) groups is 5. The molecule has 0 spiro atoms. The van der Waals surface area contributed by atoms with Crippen LogP contribution in [0.3, 0.4) is 0 Å². The van der Waals surface area contributed by atoms with Crippen LogP contribution >= 0.6 is 0 Å². The van der Waals surface area contributed by atoms with E-state index in [4.69, 9.17) is 0 Å². The van der Waals surface area contributed by atoms with Crippen LogP contribution in [-0.4, -0.2) is 54.0 Å². The van der Waals surface area contributed by atoms with Gasteiger partial charge in [0.1, 0.15) is 11.4 Å². The number of allylic oxidation sites excluding steroid dienone is 1. The van der Waals surface area contributed by atoms with Gasteiger partial charge < -0.3 is 25.0 Å². The first kappa shape index (κ1) is 26.4. The largest absolute Gasteiger partial charge is 0.510 e. The Morgan fingerprint density at radius 2 is 1.46 bits per heavy atom. The Labute approximate surface area is 198 Å². The molecule has 3 N–H and O–H groups in total. The van der Waals surface area contributed by atoms with Gasteiger partial charge in [0.15, 0.2) is 11.5 Å². The summed E-state index contributed by atoms with van der Waals surface area (Å²) in [6.07, 6.45) is 0. The standard InChI is InChI=1S/C23H21N3O9/c1-11(27)14-7-15(21(30)31)9-16(8-14)24-20(29)19(12(2)28)26-25-18-10-13(22(32)34-3)5-6-17(18)23(33)35-4/h5-10,28H,1-4H3,(H,24,29)(H,30,31). The summed E-state index contributed by atoms with van der Waals surface area (Å²) in [7, 11) is 2.30. The molecule has 12 nitrogen and oxygen atoms in total. The Morgan fingerprint density at radius 1 is 0.829 bits per heavy atom. The topological polar surface area (TPSA) is 181 Å². The highest BCUT2D eigenvalue weighted by atomic mass is 16.5. The fourth-order valence-corrected chi connectivity index (χ4v) is 2.74. The predicted molar refractivity (Wildman–Crippen MR) is 121 cm³/mol. The highest BCUT2D eigenvalue weighted by molar-refractivity contribution is 6.06. The zero-order valence-corrected chi connectivity index (χ0v) is 19.1. The van der Waals surface area contributed by atoms with Gasteiger partial charge in [-0.25, -0.2) is 14.4 Å². The van der Waals surface area contributed by atoms with Crippen molar-refractivity contribution in [3.63, 3.8) is 0 Å². The van der Waals surface area contributed by atoms with Crippen molar-refractivity contribution in [1.82, 2.24) is 0 Å². The number of esters is 2. The molecule has 0 aliphatic rings. The fourth-order valence-electron chi connectivity index (χ4n) is 2.74. The van der Waals surface area contributed by atoms with Crippen LogP contribution in [0.4, 0.5) is 11.4 Å². The van der Waals surface area contributed by atoms with Crippen molar-refractivity contribution in [1.29, 1.82) is 0 Å². The summed E-state index contributed by atoms with van der Waals surface area (Å²) < 4.78 is 9.31. The van der Waals surface area contributed by atoms with Gasteiger partial charge >= 0.3 is 17.9 Å². The molecular weight excluding hydrogens is 462 g/mol. The van der Waals surface area contributed by atoms with Crippen LogP contribution in [0.2, 0.25) is 0 Å². The number of nitrogens with one attached hydrogen (secondary N) is 1. The van der Waals surface area contributed by atoms with Crippen LogP contribution in [-0.2, 0) is 14.3 Å². The molecule has 0 radical (unpaired) electrons. The first-order valence-electron chi connectivity index (χ1n) is 9.81. The average molecular weight is 483 g/mol. The molecule has 1 amide bonds. The summed E-state index contributed by atoms with van der Waals surface area (Å²) in [4.78, 5) is 59.7. The molecule has 0 saturated heterocycles. The van der Waals surface area contributed by atoms with Crippen LogP contribution in [0.5, 0.6) is 0 Å². The molecule has 0 aliphatic carbocycles. The molecule has 182 valence electrons. The zero-order chi connectivity index (χ0) is 26.3. The fraction of sp³-hybridized carbons (Fsp3) is 0.174. The second-order valence-electron chi connectivity index (χ2n) is 6.96. The van der Waals surface area contributed by atoms with E-state index in [0.29, 0.717) is 0 Å². The molecule has 35 heavy (non-hydrogen) atoms. The first-order valence-corrected chi connectivity index (χ1v) is 9.81. The monoisotopic (exact) mass is 483 g/mol. The molecule has 0 aromatic heterocycles. The molecule has 0 bridgehead atoms. The highest BCUT2D eigenvalue weighted by Crippen LogP contribution is 2.25. The number of aliphatic hydroxyl groups excluding tert-OH is 1. The van der Waals surface area contributed by atoms with E-state index >= 15 is 0 Å². The molecule has 0 atom stereocenters. The number of aromatic carboxylic acids is 1. The van der Waals surface area contributed by atoms with Gasteiger partial charge in [0, 0.05) is 11.3 Å². The van der Waals surface area contributed by atoms with E-state index in [0.717, 1.165) is 33.3 Å². The van der Waals surface area contributed by atoms with E-state index < -0.39 is 41.1 Å². The number of benzene rings is 2. The molecule has 0 fully saturated rings. The van der Waals surface area contributed by atoms with Crippen molar-refractivity contribution in [2.24, 2.45) is 10.2 Å². The average Bonchev–Trinajstić information content (AvgIpc) is 2.82. The van der Waals surface area contributed by atoms with Crippen LogP contribution in [0.15, 0.2) is 58.1 Å². The number of ketones is 1. The number of aliphatic hydroxyl groups is 1.